The minimum Gasteiger partial charge on any atom is -0.392 e. The second kappa shape index (κ2) is 4.11. The first-order valence-corrected chi connectivity index (χ1v) is 4.69. The number of rotatable bonds is 3. The summed E-state index contributed by atoms with van der Waals surface area (Å²) in [6.07, 6.45) is 6.03. The van der Waals surface area contributed by atoms with Crippen molar-refractivity contribution in [3.05, 3.63) is 41.6 Å². The fourth-order valence-electron chi connectivity index (χ4n) is 1.56. The summed E-state index contributed by atoms with van der Waals surface area (Å²) in [4.78, 5) is 13.7. The van der Waals surface area contributed by atoms with Gasteiger partial charge in [0, 0.05) is 22.7 Å². The quantitative estimate of drug-likeness (QED) is 0.746. The van der Waals surface area contributed by atoms with Gasteiger partial charge in [0.2, 0.25) is 0 Å². The van der Waals surface area contributed by atoms with Crippen molar-refractivity contribution in [2.24, 2.45) is 0 Å². The number of H-pyrrole nitrogens is 1. The van der Waals surface area contributed by atoms with E-state index >= 15 is 0 Å². The number of aliphatic hydroxyl groups is 1. The van der Waals surface area contributed by atoms with Crippen molar-refractivity contribution < 1.29 is 9.90 Å². The standard InChI is InChI=1S/C12H11NO2/c14-5-1-2-9-3-4-11-10(8-15)7-13-12(11)6-9/h1-4,6-8,13-14H,5H2. The van der Waals surface area contributed by atoms with E-state index in [1.807, 2.05) is 24.3 Å². The van der Waals surface area contributed by atoms with E-state index in [0.29, 0.717) is 5.56 Å². The van der Waals surface area contributed by atoms with Crippen LogP contribution in [0.4, 0.5) is 0 Å². The van der Waals surface area contributed by atoms with Crippen LogP contribution in [-0.2, 0) is 0 Å². The Hall–Kier alpha value is -1.87. The average molecular weight is 201 g/mol. The van der Waals surface area contributed by atoms with E-state index in [1.165, 1.54) is 0 Å². The number of carbonyl (C=O) groups is 1. The fourth-order valence-corrected chi connectivity index (χ4v) is 1.56. The number of hydrogen-bond acceptors (Lipinski definition) is 2. The van der Waals surface area contributed by atoms with Gasteiger partial charge in [0.05, 0.1) is 6.61 Å². The van der Waals surface area contributed by atoms with Gasteiger partial charge in [0.15, 0.2) is 6.29 Å². The smallest absolute Gasteiger partial charge is 0.152 e. The first kappa shape index (κ1) is 9.68. The highest BCUT2D eigenvalue weighted by Crippen LogP contribution is 2.18. The molecule has 0 fully saturated rings. The average Bonchev–Trinajstić information content (AvgIpc) is 2.68. The maximum atomic E-state index is 10.7. The third-order valence-electron chi connectivity index (χ3n) is 2.28. The largest absolute Gasteiger partial charge is 0.392 e. The van der Waals surface area contributed by atoms with E-state index in [2.05, 4.69) is 4.98 Å². The molecule has 0 spiro atoms. The molecule has 0 bridgehead atoms. The van der Waals surface area contributed by atoms with Crippen LogP contribution >= 0.6 is 0 Å². The predicted octanol–water partition coefficient (Wildman–Crippen LogP) is 1.99. The second-order valence-electron chi connectivity index (χ2n) is 3.25. The number of aliphatic hydroxyl groups excluding tert-OH is 1. The number of aldehydes is 1. The van der Waals surface area contributed by atoms with Crippen molar-refractivity contribution in [1.82, 2.24) is 4.98 Å². The highest BCUT2D eigenvalue weighted by atomic mass is 16.2. The zero-order valence-corrected chi connectivity index (χ0v) is 8.10. The monoisotopic (exact) mass is 201 g/mol. The Labute approximate surface area is 87.0 Å². The maximum Gasteiger partial charge on any atom is 0.152 e. The van der Waals surface area contributed by atoms with Gasteiger partial charge in [-0.1, -0.05) is 24.3 Å². The van der Waals surface area contributed by atoms with Crippen LogP contribution < -0.4 is 0 Å². The summed E-state index contributed by atoms with van der Waals surface area (Å²) in [5, 5.41) is 9.56. The van der Waals surface area contributed by atoms with Gasteiger partial charge < -0.3 is 10.1 Å². The molecule has 2 aromatic rings. The van der Waals surface area contributed by atoms with E-state index < -0.39 is 0 Å². The zero-order valence-electron chi connectivity index (χ0n) is 8.10. The van der Waals surface area contributed by atoms with Gasteiger partial charge in [-0.15, -0.1) is 0 Å². The normalized spacial score (nSPS) is 11.3. The maximum absolute atomic E-state index is 10.7. The lowest BCUT2D eigenvalue weighted by atomic mass is 10.1. The lowest BCUT2D eigenvalue weighted by Gasteiger charge is -1.94. The Morgan fingerprint density at radius 1 is 1.40 bits per heavy atom. The molecule has 2 N–H and O–H groups in total. The number of aromatic amines is 1. The molecule has 0 radical (unpaired) electrons. The van der Waals surface area contributed by atoms with Crippen LogP contribution in [0.15, 0.2) is 30.5 Å². The second-order valence-corrected chi connectivity index (χ2v) is 3.25. The number of aromatic nitrogens is 1. The number of nitrogens with one attached hydrogen (secondary N) is 1. The van der Waals surface area contributed by atoms with Gasteiger partial charge in [-0.3, -0.25) is 4.79 Å². The van der Waals surface area contributed by atoms with E-state index in [9.17, 15) is 4.79 Å². The molecule has 0 amide bonds. The lowest BCUT2D eigenvalue weighted by molar-refractivity contribution is 0.112. The molecule has 76 valence electrons. The topological polar surface area (TPSA) is 53.1 Å². The molecule has 0 atom stereocenters. The third-order valence-corrected chi connectivity index (χ3v) is 2.28. The molecule has 3 nitrogen and oxygen atoms in total. The van der Waals surface area contributed by atoms with Gasteiger partial charge in [0.1, 0.15) is 0 Å². The Balaban J connectivity index is 2.48. The number of fused-ring (bicyclic) bond motifs is 1. The van der Waals surface area contributed by atoms with E-state index in [0.717, 1.165) is 22.8 Å². The van der Waals surface area contributed by atoms with Crippen molar-refractivity contribution in [1.29, 1.82) is 0 Å². The Bertz CT molecular complexity index is 511. The molecule has 0 aliphatic rings. The highest BCUT2D eigenvalue weighted by Gasteiger charge is 2.01. The predicted molar refractivity (Wildman–Crippen MR) is 59.8 cm³/mol. The summed E-state index contributed by atoms with van der Waals surface area (Å²) in [6, 6.07) is 5.75. The molecule has 0 aliphatic carbocycles. The van der Waals surface area contributed by atoms with Crippen LogP contribution in [0.2, 0.25) is 0 Å². The molecular weight excluding hydrogens is 190 g/mol. The van der Waals surface area contributed by atoms with Crippen LogP contribution in [0.25, 0.3) is 17.0 Å². The van der Waals surface area contributed by atoms with E-state index in [1.54, 1.807) is 12.3 Å². The summed E-state index contributed by atoms with van der Waals surface area (Å²) < 4.78 is 0. The summed E-state index contributed by atoms with van der Waals surface area (Å²) in [5.74, 6) is 0. The molecule has 3 heteroatoms. The zero-order chi connectivity index (χ0) is 10.7. The summed E-state index contributed by atoms with van der Waals surface area (Å²) in [6.45, 7) is 0.0301. The lowest BCUT2D eigenvalue weighted by Crippen LogP contribution is -1.77. The first-order chi connectivity index (χ1) is 7.35. The molecule has 1 aromatic carbocycles. The molecule has 1 heterocycles. The number of hydrogen-bond donors (Lipinski definition) is 2. The van der Waals surface area contributed by atoms with Crippen molar-refractivity contribution in [2.75, 3.05) is 6.61 Å². The minimum absolute atomic E-state index is 0.0301. The van der Waals surface area contributed by atoms with Gasteiger partial charge in [-0.05, 0) is 11.6 Å². The molecule has 1 aromatic heterocycles. The van der Waals surface area contributed by atoms with Crippen LogP contribution in [0.3, 0.4) is 0 Å². The van der Waals surface area contributed by atoms with Crippen LogP contribution in [0, 0.1) is 0 Å². The molecule has 0 aliphatic heterocycles. The third kappa shape index (κ3) is 1.82. The van der Waals surface area contributed by atoms with Crippen LogP contribution in [0.5, 0.6) is 0 Å². The fraction of sp³-hybridized carbons (Fsp3) is 0.0833. The van der Waals surface area contributed by atoms with Crippen molar-refractivity contribution in [3.63, 3.8) is 0 Å². The molecule has 0 saturated carbocycles. The minimum atomic E-state index is 0.0301. The van der Waals surface area contributed by atoms with Crippen molar-refractivity contribution in [2.45, 2.75) is 0 Å². The molecule has 2 rings (SSSR count). The number of benzene rings is 1. The Morgan fingerprint density at radius 2 is 2.27 bits per heavy atom. The van der Waals surface area contributed by atoms with Gasteiger partial charge in [-0.2, -0.15) is 0 Å². The van der Waals surface area contributed by atoms with Crippen molar-refractivity contribution in [3.8, 4) is 0 Å². The van der Waals surface area contributed by atoms with E-state index in [-0.39, 0.29) is 6.61 Å². The number of carbonyl (C=O) groups excluding carboxylic acids is 1. The van der Waals surface area contributed by atoms with Crippen LogP contribution in [0.1, 0.15) is 15.9 Å². The van der Waals surface area contributed by atoms with Crippen LogP contribution in [-0.4, -0.2) is 23.0 Å². The summed E-state index contributed by atoms with van der Waals surface area (Å²) in [5.41, 5.74) is 2.59. The Kier molecular flexibility index (Phi) is 2.65. The van der Waals surface area contributed by atoms with Gasteiger partial charge in [0.25, 0.3) is 0 Å². The first-order valence-electron chi connectivity index (χ1n) is 4.69. The van der Waals surface area contributed by atoms with Crippen molar-refractivity contribution >= 4 is 23.3 Å². The molecule has 0 saturated heterocycles. The molecular formula is C12H11NO2. The summed E-state index contributed by atoms with van der Waals surface area (Å²) in [7, 11) is 0. The van der Waals surface area contributed by atoms with Gasteiger partial charge >= 0.3 is 0 Å². The Morgan fingerprint density at radius 3 is 3.00 bits per heavy atom. The SMILES string of the molecule is O=Cc1c[nH]c2cc(C=CCO)ccc12. The highest BCUT2D eigenvalue weighted by molar-refractivity contribution is 5.97. The van der Waals surface area contributed by atoms with Gasteiger partial charge in [-0.25, -0.2) is 0 Å². The molecule has 15 heavy (non-hydrogen) atoms. The van der Waals surface area contributed by atoms with E-state index in [4.69, 9.17) is 5.11 Å². The molecule has 0 unspecified atom stereocenters. The summed E-state index contributed by atoms with van der Waals surface area (Å²) >= 11 is 0.